The molecule has 18 heavy (non-hydrogen) atoms. The highest BCUT2D eigenvalue weighted by molar-refractivity contribution is 5.23. The minimum Gasteiger partial charge on any atom is -0.313 e. The number of hydrogen-bond acceptors (Lipinski definition) is 2. The van der Waals surface area contributed by atoms with Gasteiger partial charge in [-0.15, -0.1) is 0 Å². The van der Waals surface area contributed by atoms with Crippen molar-refractivity contribution in [2.75, 3.05) is 26.2 Å². The Balaban J connectivity index is 1.62. The van der Waals surface area contributed by atoms with E-state index in [-0.39, 0.29) is 5.82 Å². The maximum absolute atomic E-state index is 13.6. The van der Waals surface area contributed by atoms with Crippen molar-refractivity contribution in [2.45, 2.75) is 32.7 Å². The maximum atomic E-state index is 13.6. The first-order valence-corrected chi connectivity index (χ1v) is 6.94. The molecule has 0 unspecified atom stereocenters. The summed E-state index contributed by atoms with van der Waals surface area (Å²) in [7, 11) is 0. The van der Waals surface area contributed by atoms with Crippen LogP contribution in [0.1, 0.15) is 30.4 Å². The normalized spacial score (nSPS) is 16.3. The van der Waals surface area contributed by atoms with Crippen molar-refractivity contribution >= 4 is 0 Å². The summed E-state index contributed by atoms with van der Waals surface area (Å²) in [4.78, 5) is 2.51. The van der Waals surface area contributed by atoms with Crippen LogP contribution in [0.2, 0.25) is 0 Å². The Morgan fingerprint density at radius 1 is 1.28 bits per heavy atom. The van der Waals surface area contributed by atoms with Gasteiger partial charge in [-0.2, -0.15) is 0 Å². The van der Waals surface area contributed by atoms with Crippen molar-refractivity contribution in [3.05, 3.63) is 35.1 Å². The van der Waals surface area contributed by atoms with Crippen LogP contribution in [0.4, 0.5) is 4.39 Å². The molecule has 1 N–H and O–H groups in total. The van der Waals surface area contributed by atoms with E-state index in [1.54, 1.807) is 6.07 Å². The molecule has 1 aliphatic rings. The number of rotatable bonds is 6. The Hall–Kier alpha value is -0.930. The fourth-order valence-corrected chi connectivity index (χ4v) is 2.45. The van der Waals surface area contributed by atoms with Gasteiger partial charge in [0.15, 0.2) is 0 Å². The molecule has 0 atom stereocenters. The highest BCUT2D eigenvalue weighted by Gasteiger charge is 2.10. The van der Waals surface area contributed by atoms with Crippen molar-refractivity contribution < 1.29 is 4.39 Å². The number of benzene rings is 1. The maximum Gasteiger partial charge on any atom is 0.127 e. The van der Waals surface area contributed by atoms with Gasteiger partial charge >= 0.3 is 0 Å². The van der Waals surface area contributed by atoms with E-state index >= 15 is 0 Å². The molecule has 3 heteroatoms. The lowest BCUT2D eigenvalue weighted by Crippen LogP contribution is -2.24. The predicted molar refractivity (Wildman–Crippen MR) is 73.1 cm³/mol. The van der Waals surface area contributed by atoms with Gasteiger partial charge in [-0.05, 0) is 64.0 Å². The fourth-order valence-electron chi connectivity index (χ4n) is 2.45. The third-order valence-electron chi connectivity index (χ3n) is 3.55. The number of hydrogen-bond donors (Lipinski definition) is 1. The van der Waals surface area contributed by atoms with E-state index in [0.29, 0.717) is 6.54 Å². The second-order valence-corrected chi connectivity index (χ2v) is 5.17. The van der Waals surface area contributed by atoms with Crippen LogP contribution in [0, 0.1) is 12.7 Å². The summed E-state index contributed by atoms with van der Waals surface area (Å²) in [6.07, 6.45) is 3.84. The van der Waals surface area contributed by atoms with E-state index in [2.05, 4.69) is 10.2 Å². The predicted octanol–water partition coefficient (Wildman–Crippen LogP) is 2.71. The summed E-state index contributed by atoms with van der Waals surface area (Å²) in [5.74, 6) is -0.0953. The molecule has 0 aliphatic carbocycles. The molecule has 2 nitrogen and oxygen atoms in total. The van der Waals surface area contributed by atoms with Crippen molar-refractivity contribution in [1.29, 1.82) is 0 Å². The van der Waals surface area contributed by atoms with E-state index in [1.807, 2.05) is 19.1 Å². The molecule has 2 rings (SSSR count). The zero-order valence-corrected chi connectivity index (χ0v) is 11.2. The van der Waals surface area contributed by atoms with Gasteiger partial charge in [0.2, 0.25) is 0 Å². The smallest absolute Gasteiger partial charge is 0.127 e. The third kappa shape index (κ3) is 4.07. The van der Waals surface area contributed by atoms with Crippen LogP contribution < -0.4 is 5.32 Å². The fraction of sp³-hybridized carbons (Fsp3) is 0.600. The molecule has 0 aromatic heterocycles. The largest absolute Gasteiger partial charge is 0.313 e. The molecule has 0 amide bonds. The van der Waals surface area contributed by atoms with Crippen LogP contribution in [0.5, 0.6) is 0 Å². The molecule has 1 heterocycles. The third-order valence-corrected chi connectivity index (χ3v) is 3.55. The van der Waals surface area contributed by atoms with E-state index < -0.39 is 0 Å². The summed E-state index contributed by atoms with van der Waals surface area (Å²) in [5.41, 5.74) is 1.74. The highest BCUT2D eigenvalue weighted by Crippen LogP contribution is 2.10. The molecule has 0 spiro atoms. The van der Waals surface area contributed by atoms with Gasteiger partial charge in [0, 0.05) is 12.1 Å². The lowest BCUT2D eigenvalue weighted by molar-refractivity contribution is 0.331. The monoisotopic (exact) mass is 250 g/mol. The quantitative estimate of drug-likeness (QED) is 0.781. The molecule has 0 radical (unpaired) electrons. The molecule has 1 aromatic carbocycles. The van der Waals surface area contributed by atoms with E-state index in [4.69, 9.17) is 0 Å². The first-order chi connectivity index (χ1) is 8.75. The standard InChI is InChI=1S/C15H23FN2/c1-13-5-6-14(15(16)11-13)12-17-7-4-10-18-8-2-3-9-18/h5-6,11,17H,2-4,7-10,12H2,1H3. The number of halogens is 1. The van der Waals surface area contributed by atoms with Gasteiger partial charge in [0.05, 0.1) is 0 Å². The number of nitrogens with zero attached hydrogens (tertiary/aromatic N) is 1. The van der Waals surface area contributed by atoms with Gasteiger partial charge in [0.25, 0.3) is 0 Å². The van der Waals surface area contributed by atoms with E-state index in [1.165, 1.54) is 32.5 Å². The van der Waals surface area contributed by atoms with Gasteiger partial charge in [-0.3, -0.25) is 0 Å². The average molecular weight is 250 g/mol. The Morgan fingerprint density at radius 3 is 2.78 bits per heavy atom. The van der Waals surface area contributed by atoms with Gasteiger partial charge in [0.1, 0.15) is 5.82 Å². The molecule has 100 valence electrons. The molecule has 1 aliphatic heterocycles. The number of likely N-dealkylation sites (tertiary alicyclic amines) is 1. The number of aryl methyl sites for hydroxylation is 1. The Bertz CT molecular complexity index is 373. The Kier molecular flexibility index (Phi) is 5.14. The summed E-state index contributed by atoms with van der Waals surface area (Å²) in [6.45, 7) is 7.19. The molecule has 0 bridgehead atoms. The first kappa shape index (κ1) is 13.5. The van der Waals surface area contributed by atoms with Gasteiger partial charge in [-0.25, -0.2) is 4.39 Å². The molecular formula is C15H23FN2. The zero-order valence-electron chi connectivity index (χ0n) is 11.2. The molecule has 1 fully saturated rings. The van der Waals surface area contributed by atoms with Crippen LogP contribution >= 0.6 is 0 Å². The van der Waals surface area contributed by atoms with Gasteiger partial charge < -0.3 is 10.2 Å². The summed E-state index contributed by atoms with van der Waals surface area (Å²) in [6, 6.07) is 5.43. The van der Waals surface area contributed by atoms with Crippen molar-refractivity contribution in [2.24, 2.45) is 0 Å². The lowest BCUT2D eigenvalue weighted by Gasteiger charge is -2.14. The minimum absolute atomic E-state index is 0.0953. The SMILES string of the molecule is Cc1ccc(CNCCCN2CCCC2)c(F)c1. The van der Waals surface area contributed by atoms with E-state index in [9.17, 15) is 4.39 Å². The van der Waals surface area contributed by atoms with E-state index in [0.717, 1.165) is 24.1 Å². The Morgan fingerprint density at radius 2 is 2.06 bits per heavy atom. The first-order valence-electron chi connectivity index (χ1n) is 6.94. The topological polar surface area (TPSA) is 15.3 Å². The molecule has 1 aromatic rings. The van der Waals surface area contributed by atoms with Crippen LogP contribution in [-0.2, 0) is 6.54 Å². The second-order valence-electron chi connectivity index (χ2n) is 5.17. The summed E-state index contributed by atoms with van der Waals surface area (Å²) < 4.78 is 13.6. The molecular weight excluding hydrogens is 227 g/mol. The number of nitrogens with one attached hydrogen (secondary N) is 1. The van der Waals surface area contributed by atoms with Crippen molar-refractivity contribution in [3.8, 4) is 0 Å². The van der Waals surface area contributed by atoms with Crippen LogP contribution in [-0.4, -0.2) is 31.1 Å². The van der Waals surface area contributed by atoms with Crippen LogP contribution in [0.15, 0.2) is 18.2 Å². The van der Waals surface area contributed by atoms with Gasteiger partial charge in [-0.1, -0.05) is 12.1 Å². The highest BCUT2D eigenvalue weighted by atomic mass is 19.1. The van der Waals surface area contributed by atoms with Crippen LogP contribution in [0.25, 0.3) is 0 Å². The lowest BCUT2D eigenvalue weighted by atomic mass is 10.1. The van der Waals surface area contributed by atoms with Crippen molar-refractivity contribution in [3.63, 3.8) is 0 Å². The summed E-state index contributed by atoms with van der Waals surface area (Å²) in [5, 5.41) is 3.32. The molecule has 0 saturated carbocycles. The van der Waals surface area contributed by atoms with Crippen LogP contribution in [0.3, 0.4) is 0 Å². The van der Waals surface area contributed by atoms with Crippen molar-refractivity contribution in [1.82, 2.24) is 10.2 Å². The second kappa shape index (κ2) is 6.86. The summed E-state index contributed by atoms with van der Waals surface area (Å²) >= 11 is 0. The molecule has 1 saturated heterocycles. The minimum atomic E-state index is -0.0953. The average Bonchev–Trinajstić information content (AvgIpc) is 2.84. The zero-order chi connectivity index (χ0) is 12.8. The Labute approximate surface area is 109 Å².